The van der Waals surface area contributed by atoms with Crippen molar-refractivity contribution in [2.24, 2.45) is 11.7 Å². The molecule has 1 aromatic rings. The minimum Gasteiger partial charge on any atom is -0.475 e. The van der Waals surface area contributed by atoms with Crippen molar-refractivity contribution in [1.29, 1.82) is 0 Å². The third kappa shape index (κ3) is 7.72. The number of carboxylic acid groups (broad SMARTS) is 1. The Kier molecular flexibility index (Phi) is 9.99. The molecule has 2 heterocycles. The number of pyridine rings is 1. The molecule has 180 valence electrons. The van der Waals surface area contributed by atoms with Crippen LogP contribution in [-0.4, -0.2) is 74.2 Å². The fourth-order valence-electron chi connectivity index (χ4n) is 2.42. The number of nitrogens with zero attached hydrogens (tertiary/aromatic N) is 2. The van der Waals surface area contributed by atoms with Crippen LogP contribution in [0.3, 0.4) is 0 Å². The zero-order valence-electron chi connectivity index (χ0n) is 16.8. The Balaban J connectivity index is 0.000000633. The molecule has 1 amide bonds. The molecule has 32 heavy (non-hydrogen) atoms. The van der Waals surface area contributed by atoms with Gasteiger partial charge in [0.1, 0.15) is 11.5 Å². The van der Waals surface area contributed by atoms with Gasteiger partial charge in [-0.15, -0.1) is 0 Å². The van der Waals surface area contributed by atoms with Gasteiger partial charge in [0.25, 0.3) is 0 Å². The summed E-state index contributed by atoms with van der Waals surface area (Å²) in [6.45, 7) is 0.373. The molecular formula is C17H22F4N4O6S. The number of hydrogen-bond acceptors (Lipinski definition) is 7. The third-order valence-corrected chi connectivity index (χ3v) is 6.03. The van der Waals surface area contributed by atoms with Crippen LogP contribution in [0.1, 0.15) is 6.42 Å². The van der Waals surface area contributed by atoms with Crippen molar-refractivity contribution in [3.05, 3.63) is 30.2 Å². The van der Waals surface area contributed by atoms with Gasteiger partial charge in [-0.2, -0.15) is 17.5 Å². The Morgan fingerprint density at radius 1 is 1.41 bits per heavy atom. The SMILES string of the molecule is CNC(=O)[C@H]1CCN(S(=O)(=O)c2ccc(OC/C(=C/F)CN)nc2)C1.O=C(O)C(F)(F)F. The number of carboxylic acids is 1. The summed E-state index contributed by atoms with van der Waals surface area (Å²) in [4.78, 5) is 24.5. The Morgan fingerprint density at radius 2 is 2.03 bits per heavy atom. The fourth-order valence-corrected chi connectivity index (χ4v) is 3.87. The van der Waals surface area contributed by atoms with E-state index in [1.807, 2.05) is 0 Å². The Hall–Kier alpha value is -2.78. The highest BCUT2D eigenvalue weighted by molar-refractivity contribution is 7.89. The van der Waals surface area contributed by atoms with Gasteiger partial charge in [-0.1, -0.05) is 0 Å². The second kappa shape index (κ2) is 11.7. The van der Waals surface area contributed by atoms with E-state index in [1.54, 1.807) is 0 Å². The van der Waals surface area contributed by atoms with Crippen LogP contribution in [0.25, 0.3) is 0 Å². The molecule has 0 saturated carbocycles. The van der Waals surface area contributed by atoms with Crippen LogP contribution < -0.4 is 15.8 Å². The molecular weight excluding hydrogens is 464 g/mol. The molecule has 1 aromatic heterocycles. The highest BCUT2D eigenvalue weighted by Crippen LogP contribution is 2.25. The number of halogens is 4. The zero-order chi connectivity index (χ0) is 24.5. The van der Waals surface area contributed by atoms with Gasteiger partial charge in [0, 0.05) is 38.3 Å². The van der Waals surface area contributed by atoms with Crippen LogP contribution in [0.4, 0.5) is 17.6 Å². The third-order valence-electron chi connectivity index (χ3n) is 4.18. The van der Waals surface area contributed by atoms with Crippen LogP contribution >= 0.6 is 0 Å². The van der Waals surface area contributed by atoms with E-state index in [-0.39, 0.29) is 54.4 Å². The number of amides is 1. The largest absolute Gasteiger partial charge is 0.490 e. The molecule has 4 N–H and O–H groups in total. The minimum absolute atomic E-state index is 0.0116. The van der Waals surface area contributed by atoms with Crippen LogP contribution in [0, 0.1) is 5.92 Å². The van der Waals surface area contributed by atoms with Crippen LogP contribution in [0.15, 0.2) is 35.1 Å². The van der Waals surface area contributed by atoms with Gasteiger partial charge in [0.05, 0.1) is 18.4 Å². The number of carbonyl (C=O) groups is 2. The standard InChI is InChI=1S/C15H21FN4O4S.C2HF3O2/c1-18-15(21)12-4-5-20(9-12)25(22,23)13-2-3-14(19-8-13)24-10-11(6-16)7-17;3-2(4,5)1(6)7/h2-3,6,8,12H,4-5,7,9-10,17H2,1H3,(H,18,21);(H,6,7)/b11-6+;/t12-;/m0./s1. The molecule has 0 unspecified atom stereocenters. The summed E-state index contributed by atoms with van der Waals surface area (Å²) in [5, 5.41) is 9.65. The van der Waals surface area contributed by atoms with Gasteiger partial charge in [0.2, 0.25) is 21.8 Å². The number of alkyl halides is 3. The average molecular weight is 486 g/mol. The van der Waals surface area contributed by atoms with Gasteiger partial charge < -0.3 is 20.9 Å². The number of sulfonamides is 1. The molecule has 1 saturated heterocycles. The Labute approximate surface area is 181 Å². The molecule has 15 heteroatoms. The van der Waals surface area contributed by atoms with E-state index in [0.29, 0.717) is 12.8 Å². The molecule has 0 radical (unpaired) electrons. The normalized spacial score (nSPS) is 17.3. The van der Waals surface area contributed by atoms with E-state index in [2.05, 4.69) is 10.3 Å². The maximum atomic E-state index is 12.6. The lowest BCUT2D eigenvalue weighted by Gasteiger charge is -2.16. The Morgan fingerprint density at radius 3 is 2.47 bits per heavy atom. The van der Waals surface area contributed by atoms with Crippen LogP contribution in [0.2, 0.25) is 0 Å². The predicted octanol–water partition coefficient (Wildman–Crippen LogP) is 0.662. The van der Waals surface area contributed by atoms with Crippen molar-refractivity contribution in [1.82, 2.24) is 14.6 Å². The number of aliphatic carboxylic acids is 1. The number of aromatic nitrogens is 1. The number of nitrogens with two attached hydrogens (primary N) is 1. The summed E-state index contributed by atoms with van der Waals surface area (Å²) in [5.41, 5.74) is 5.58. The smallest absolute Gasteiger partial charge is 0.475 e. The van der Waals surface area contributed by atoms with Gasteiger partial charge in [-0.05, 0) is 12.5 Å². The summed E-state index contributed by atoms with van der Waals surface area (Å²) in [6.07, 6.45) is -3.06. The van der Waals surface area contributed by atoms with Crippen molar-refractivity contribution in [2.75, 3.05) is 33.3 Å². The number of ether oxygens (including phenoxy) is 1. The number of rotatable bonds is 7. The number of hydrogen-bond donors (Lipinski definition) is 3. The summed E-state index contributed by atoms with van der Waals surface area (Å²) in [5.74, 6) is -3.11. The Bertz CT molecular complexity index is 922. The molecule has 0 aromatic carbocycles. The minimum atomic E-state index is -5.08. The van der Waals surface area contributed by atoms with Gasteiger partial charge >= 0.3 is 12.1 Å². The lowest BCUT2D eigenvalue weighted by atomic mass is 10.1. The first-order chi connectivity index (χ1) is 14.9. The van der Waals surface area contributed by atoms with Gasteiger partial charge in [-0.3, -0.25) is 4.79 Å². The van der Waals surface area contributed by atoms with E-state index >= 15 is 0 Å². The van der Waals surface area contributed by atoms with Crippen LogP contribution in [-0.2, 0) is 19.6 Å². The molecule has 1 fully saturated rings. The molecule has 0 aliphatic carbocycles. The molecule has 0 spiro atoms. The summed E-state index contributed by atoms with van der Waals surface area (Å²) < 4.78 is 75.9. The fraction of sp³-hybridized carbons (Fsp3) is 0.471. The maximum Gasteiger partial charge on any atom is 0.490 e. The predicted molar refractivity (Wildman–Crippen MR) is 103 cm³/mol. The van der Waals surface area contributed by atoms with Crippen molar-refractivity contribution in [2.45, 2.75) is 17.5 Å². The lowest BCUT2D eigenvalue weighted by Crippen LogP contribution is -2.33. The summed E-state index contributed by atoms with van der Waals surface area (Å²) >= 11 is 0. The molecule has 1 aliphatic rings. The van der Waals surface area contributed by atoms with Crippen molar-refractivity contribution in [3.63, 3.8) is 0 Å². The average Bonchev–Trinajstić information content (AvgIpc) is 3.25. The highest BCUT2D eigenvalue weighted by atomic mass is 32.2. The maximum absolute atomic E-state index is 12.6. The number of carbonyl (C=O) groups excluding carboxylic acids is 1. The number of nitrogens with one attached hydrogen (secondary N) is 1. The molecule has 10 nitrogen and oxygen atoms in total. The van der Waals surface area contributed by atoms with Crippen molar-refractivity contribution >= 4 is 21.9 Å². The molecule has 0 bridgehead atoms. The first-order valence-electron chi connectivity index (χ1n) is 8.95. The van der Waals surface area contributed by atoms with E-state index in [4.69, 9.17) is 20.4 Å². The summed E-state index contributed by atoms with van der Waals surface area (Å²) in [7, 11) is -2.20. The van der Waals surface area contributed by atoms with E-state index in [9.17, 15) is 30.8 Å². The molecule has 1 atom stereocenters. The van der Waals surface area contributed by atoms with Crippen molar-refractivity contribution < 1.29 is 45.4 Å². The zero-order valence-corrected chi connectivity index (χ0v) is 17.6. The summed E-state index contributed by atoms with van der Waals surface area (Å²) in [6, 6.07) is 2.76. The topological polar surface area (TPSA) is 152 Å². The highest BCUT2D eigenvalue weighted by Gasteiger charge is 2.38. The van der Waals surface area contributed by atoms with E-state index in [0.717, 1.165) is 0 Å². The van der Waals surface area contributed by atoms with Gasteiger partial charge in [-0.25, -0.2) is 22.6 Å². The monoisotopic (exact) mass is 486 g/mol. The lowest BCUT2D eigenvalue weighted by molar-refractivity contribution is -0.192. The second-order valence-corrected chi connectivity index (χ2v) is 8.30. The molecule has 1 aliphatic heterocycles. The van der Waals surface area contributed by atoms with Crippen molar-refractivity contribution in [3.8, 4) is 5.88 Å². The first-order valence-corrected chi connectivity index (χ1v) is 10.4. The second-order valence-electron chi connectivity index (χ2n) is 6.36. The molecule has 2 rings (SSSR count). The quantitative estimate of drug-likeness (QED) is 0.476. The van der Waals surface area contributed by atoms with E-state index in [1.165, 1.54) is 29.7 Å². The van der Waals surface area contributed by atoms with Crippen LogP contribution in [0.5, 0.6) is 5.88 Å². The van der Waals surface area contributed by atoms with Gasteiger partial charge in [0.15, 0.2) is 0 Å². The first kappa shape index (κ1) is 27.3. The van der Waals surface area contributed by atoms with E-state index < -0.39 is 22.2 Å².